The molecule has 0 bridgehead atoms. The van der Waals surface area contributed by atoms with E-state index < -0.39 is 0 Å². The van der Waals surface area contributed by atoms with Crippen LogP contribution < -0.4 is 0 Å². The Balaban J connectivity index is 1.30. The number of pyridine rings is 1. The van der Waals surface area contributed by atoms with Gasteiger partial charge in [0, 0.05) is 36.9 Å². The standard InChI is InChI=1S/C20H24N6O2/c1-14-10-15(2)26-20(22-14)23-18(24-26)11-19(27)25-8-5-17(6-9-25)28-13-16-4-3-7-21-12-16/h3-4,7,10,12,17H,5-6,8-9,11,13H2,1-2H3. The smallest absolute Gasteiger partial charge is 0.252 e. The first-order valence-electron chi connectivity index (χ1n) is 9.56. The molecule has 0 aromatic carbocycles. The Hall–Kier alpha value is -2.87. The summed E-state index contributed by atoms with van der Waals surface area (Å²) in [5.41, 5.74) is 2.92. The first kappa shape index (κ1) is 18.5. The predicted octanol–water partition coefficient (Wildman–Crippen LogP) is 1.89. The average molecular weight is 380 g/mol. The first-order valence-corrected chi connectivity index (χ1v) is 9.56. The lowest BCUT2D eigenvalue weighted by molar-refractivity contribution is -0.133. The number of aryl methyl sites for hydroxylation is 2. The maximum atomic E-state index is 12.6. The molecule has 4 heterocycles. The van der Waals surface area contributed by atoms with E-state index in [1.165, 1.54) is 0 Å². The van der Waals surface area contributed by atoms with Gasteiger partial charge in [0.15, 0.2) is 5.82 Å². The largest absolute Gasteiger partial charge is 0.373 e. The molecule has 146 valence electrons. The summed E-state index contributed by atoms with van der Waals surface area (Å²) in [4.78, 5) is 27.4. The number of hydrogen-bond donors (Lipinski definition) is 0. The fourth-order valence-corrected chi connectivity index (χ4v) is 3.50. The van der Waals surface area contributed by atoms with E-state index in [4.69, 9.17) is 4.74 Å². The molecule has 3 aromatic heterocycles. The van der Waals surface area contributed by atoms with Crippen LogP contribution >= 0.6 is 0 Å². The van der Waals surface area contributed by atoms with Gasteiger partial charge in [0.25, 0.3) is 5.78 Å². The van der Waals surface area contributed by atoms with E-state index in [2.05, 4.69) is 20.1 Å². The van der Waals surface area contributed by atoms with Crippen molar-refractivity contribution in [2.75, 3.05) is 13.1 Å². The molecular formula is C20H24N6O2. The number of aromatic nitrogens is 5. The van der Waals surface area contributed by atoms with Gasteiger partial charge in [0.1, 0.15) is 0 Å². The van der Waals surface area contributed by atoms with Crippen LogP contribution in [0.5, 0.6) is 0 Å². The second-order valence-electron chi connectivity index (χ2n) is 7.21. The molecule has 0 atom stereocenters. The van der Waals surface area contributed by atoms with E-state index in [-0.39, 0.29) is 18.4 Å². The number of fused-ring (bicyclic) bond motifs is 1. The zero-order chi connectivity index (χ0) is 19.5. The fraction of sp³-hybridized carbons (Fsp3) is 0.450. The number of likely N-dealkylation sites (tertiary alicyclic amines) is 1. The summed E-state index contributed by atoms with van der Waals surface area (Å²) in [7, 11) is 0. The van der Waals surface area contributed by atoms with Gasteiger partial charge in [-0.1, -0.05) is 6.07 Å². The normalized spacial score (nSPS) is 15.3. The highest BCUT2D eigenvalue weighted by Gasteiger charge is 2.24. The molecule has 0 aliphatic carbocycles. The number of ether oxygens (including phenoxy) is 1. The van der Waals surface area contributed by atoms with Crippen molar-refractivity contribution in [1.29, 1.82) is 0 Å². The Morgan fingerprint density at radius 3 is 2.82 bits per heavy atom. The molecule has 1 aliphatic rings. The summed E-state index contributed by atoms with van der Waals surface area (Å²) >= 11 is 0. The van der Waals surface area contributed by atoms with E-state index in [9.17, 15) is 4.79 Å². The Labute approximate surface area is 163 Å². The Bertz CT molecular complexity index is 963. The number of carbonyl (C=O) groups excluding carboxylic acids is 1. The lowest BCUT2D eigenvalue weighted by atomic mass is 10.1. The van der Waals surface area contributed by atoms with Crippen LogP contribution in [0.3, 0.4) is 0 Å². The summed E-state index contributed by atoms with van der Waals surface area (Å²) in [5, 5.41) is 4.43. The average Bonchev–Trinajstić information content (AvgIpc) is 3.10. The third-order valence-electron chi connectivity index (χ3n) is 4.97. The summed E-state index contributed by atoms with van der Waals surface area (Å²) in [6.07, 6.45) is 5.62. The lowest BCUT2D eigenvalue weighted by Crippen LogP contribution is -2.41. The van der Waals surface area contributed by atoms with Crippen molar-refractivity contribution in [3.63, 3.8) is 0 Å². The highest BCUT2D eigenvalue weighted by Crippen LogP contribution is 2.16. The van der Waals surface area contributed by atoms with Crippen molar-refractivity contribution in [2.24, 2.45) is 0 Å². The second-order valence-corrected chi connectivity index (χ2v) is 7.21. The fourth-order valence-electron chi connectivity index (χ4n) is 3.50. The van der Waals surface area contributed by atoms with Gasteiger partial charge >= 0.3 is 0 Å². The number of piperidine rings is 1. The topological polar surface area (TPSA) is 85.5 Å². The second kappa shape index (κ2) is 8.02. The van der Waals surface area contributed by atoms with Crippen LogP contribution in [0.2, 0.25) is 0 Å². The van der Waals surface area contributed by atoms with E-state index in [1.807, 2.05) is 43.1 Å². The maximum absolute atomic E-state index is 12.6. The van der Waals surface area contributed by atoms with Gasteiger partial charge in [-0.25, -0.2) is 9.50 Å². The molecule has 0 radical (unpaired) electrons. The van der Waals surface area contributed by atoms with Crippen LogP contribution in [-0.2, 0) is 22.6 Å². The highest BCUT2D eigenvalue weighted by molar-refractivity contribution is 5.78. The van der Waals surface area contributed by atoms with Crippen LogP contribution in [0, 0.1) is 13.8 Å². The molecule has 1 fully saturated rings. The van der Waals surface area contributed by atoms with Crippen LogP contribution in [0.25, 0.3) is 5.78 Å². The Morgan fingerprint density at radius 1 is 1.25 bits per heavy atom. The van der Waals surface area contributed by atoms with Gasteiger partial charge in [-0.15, -0.1) is 5.10 Å². The van der Waals surface area contributed by atoms with E-state index in [0.717, 1.165) is 29.8 Å². The van der Waals surface area contributed by atoms with Gasteiger partial charge in [0.2, 0.25) is 5.91 Å². The van der Waals surface area contributed by atoms with Gasteiger partial charge in [0.05, 0.1) is 19.1 Å². The minimum absolute atomic E-state index is 0.0518. The highest BCUT2D eigenvalue weighted by atomic mass is 16.5. The monoisotopic (exact) mass is 380 g/mol. The molecule has 4 rings (SSSR count). The van der Waals surface area contributed by atoms with Crippen LogP contribution in [0.15, 0.2) is 30.6 Å². The number of carbonyl (C=O) groups is 1. The molecule has 0 unspecified atom stereocenters. The lowest BCUT2D eigenvalue weighted by Gasteiger charge is -2.31. The third-order valence-corrected chi connectivity index (χ3v) is 4.97. The molecule has 0 N–H and O–H groups in total. The molecular weight excluding hydrogens is 356 g/mol. The zero-order valence-electron chi connectivity index (χ0n) is 16.2. The number of nitrogens with zero attached hydrogens (tertiary/aromatic N) is 6. The van der Waals surface area contributed by atoms with E-state index >= 15 is 0 Å². The maximum Gasteiger partial charge on any atom is 0.252 e. The Kier molecular flexibility index (Phi) is 5.29. The van der Waals surface area contributed by atoms with Gasteiger partial charge in [-0.3, -0.25) is 9.78 Å². The van der Waals surface area contributed by atoms with Crippen LogP contribution in [-0.4, -0.2) is 54.6 Å². The molecule has 1 aliphatic heterocycles. The van der Waals surface area contributed by atoms with Crippen molar-refractivity contribution < 1.29 is 9.53 Å². The number of rotatable bonds is 5. The summed E-state index contributed by atoms with van der Waals surface area (Å²) in [5.74, 6) is 1.11. The summed E-state index contributed by atoms with van der Waals surface area (Å²) < 4.78 is 7.65. The van der Waals surface area contributed by atoms with Crippen LogP contribution in [0.1, 0.15) is 35.6 Å². The van der Waals surface area contributed by atoms with Crippen molar-refractivity contribution in [1.82, 2.24) is 29.5 Å². The number of amides is 1. The van der Waals surface area contributed by atoms with Crippen molar-refractivity contribution in [3.8, 4) is 0 Å². The summed E-state index contributed by atoms with van der Waals surface area (Å²) in [6, 6.07) is 5.86. The van der Waals surface area contributed by atoms with E-state index in [1.54, 1.807) is 10.7 Å². The molecule has 8 nitrogen and oxygen atoms in total. The zero-order valence-corrected chi connectivity index (χ0v) is 16.2. The van der Waals surface area contributed by atoms with E-state index in [0.29, 0.717) is 31.3 Å². The minimum atomic E-state index is 0.0518. The number of hydrogen-bond acceptors (Lipinski definition) is 6. The van der Waals surface area contributed by atoms with Crippen molar-refractivity contribution in [2.45, 2.75) is 45.8 Å². The molecule has 0 saturated carbocycles. The molecule has 1 saturated heterocycles. The molecule has 8 heteroatoms. The first-order chi connectivity index (χ1) is 13.6. The molecule has 28 heavy (non-hydrogen) atoms. The van der Waals surface area contributed by atoms with Gasteiger partial charge in [-0.2, -0.15) is 4.98 Å². The molecule has 3 aromatic rings. The summed E-state index contributed by atoms with van der Waals surface area (Å²) in [6.45, 7) is 5.83. The third kappa shape index (κ3) is 4.17. The quantitative estimate of drug-likeness (QED) is 0.672. The molecule has 0 spiro atoms. The van der Waals surface area contributed by atoms with Crippen molar-refractivity contribution in [3.05, 3.63) is 53.4 Å². The van der Waals surface area contributed by atoms with Crippen LogP contribution in [0.4, 0.5) is 0 Å². The van der Waals surface area contributed by atoms with Crippen molar-refractivity contribution >= 4 is 11.7 Å². The minimum Gasteiger partial charge on any atom is -0.373 e. The molecule has 1 amide bonds. The SMILES string of the molecule is Cc1cc(C)n2nc(CC(=O)N3CCC(OCc4cccnc4)CC3)nc2n1. The van der Waals surface area contributed by atoms with Gasteiger partial charge < -0.3 is 9.64 Å². The predicted molar refractivity (Wildman–Crippen MR) is 103 cm³/mol. The Morgan fingerprint density at radius 2 is 2.07 bits per heavy atom. The van der Waals surface area contributed by atoms with Gasteiger partial charge in [-0.05, 0) is 44.4 Å².